The molecule has 0 N–H and O–H groups in total. The molecule has 2 saturated carbocycles. The molecule has 2 fully saturated rings. The van der Waals surface area contributed by atoms with Gasteiger partial charge in [0.1, 0.15) is 0 Å². The number of ether oxygens (including phenoxy) is 1. The summed E-state index contributed by atoms with van der Waals surface area (Å²) in [4.78, 5) is 0. The zero-order chi connectivity index (χ0) is 10.6. The molecule has 0 spiro atoms. The second kappa shape index (κ2) is 3.08. The van der Waals surface area contributed by atoms with E-state index in [0.29, 0.717) is 3.95 Å². The van der Waals surface area contributed by atoms with Crippen LogP contribution in [0.1, 0.15) is 25.7 Å². The van der Waals surface area contributed by atoms with Crippen molar-refractivity contribution in [2.45, 2.75) is 54.9 Å². The highest BCUT2D eigenvalue weighted by Gasteiger charge is 2.80. The van der Waals surface area contributed by atoms with E-state index in [1.165, 1.54) is 25.7 Å². The molecule has 3 atom stereocenters. The van der Waals surface area contributed by atoms with Gasteiger partial charge in [0.15, 0.2) is 0 Å². The molecule has 0 bridgehead atoms. The number of hydrogen-bond donors (Lipinski definition) is 0. The molecule has 0 aromatic heterocycles. The first-order valence-electron chi connectivity index (χ1n) is 5.64. The van der Waals surface area contributed by atoms with Gasteiger partial charge in [0.05, 0.1) is 17.6 Å². The number of methoxy groups -OCH3 is 1. The molecule has 2 aliphatic carbocycles. The van der Waals surface area contributed by atoms with E-state index in [9.17, 15) is 0 Å². The quantitative estimate of drug-likeness (QED) is 0.553. The van der Waals surface area contributed by atoms with Crippen LogP contribution in [-0.2, 0) is 4.74 Å². The molecule has 0 radical (unpaired) electrons. The van der Waals surface area contributed by atoms with Crippen molar-refractivity contribution in [3.63, 3.8) is 0 Å². The van der Waals surface area contributed by atoms with Crippen LogP contribution >= 0.6 is 15.9 Å². The van der Waals surface area contributed by atoms with Crippen LogP contribution in [0.5, 0.6) is 0 Å². The molecule has 14 heavy (non-hydrogen) atoms. The van der Waals surface area contributed by atoms with Crippen molar-refractivity contribution in [3.8, 4) is 0 Å². The van der Waals surface area contributed by atoms with Crippen molar-refractivity contribution in [1.29, 1.82) is 0 Å². The molecule has 0 unspecified atom stereocenters. The molecule has 0 saturated heterocycles. The lowest BCUT2D eigenvalue weighted by molar-refractivity contribution is 0.0429. The van der Waals surface area contributed by atoms with Crippen molar-refractivity contribution < 1.29 is 4.74 Å². The van der Waals surface area contributed by atoms with E-state index in [4.69, 9.17) is 4.74 Å². The lowest BCUT2D eigenvalue weighted by atomic mass is 9.98. The fourth-order valence-corrected chi connectivity index (χ4v) is 7.76. The second-order valence-electron chi connectivity index (χ2n) is 5.85. The summed E-state index contributed by atoms with van der Waals surface area (Å²) < 4.78 is 6.24. The Morgan fingerprint density at radius 3 is 2.36 bits per heavy atom. The fourth-order valence-electron chi connectivity index (χ4n) is 3.62. The van der Waals surface area contributed by atoms with Crippen LogP contribution in [0.15, 0.2) is 0 Å². The van der Waals surface area contributed by atoms with Crippen molar-refractivity contribution in [2.75, 3.05) is 7.11 Å². The summed E-state index contributed by atoms with van der Waals surface area (Å²) in [5.74, 6) is 0.792. The Morgan fingerprint density at radius 1 is 1.29 bits per heavy atom. The lowest BCUT2D eigenvalue weighted by Gasteiger charge is -2.29. The summed E-state index contributed by atoms with van der Waals surface area (Å²) in [6.45, 7) is 7.38. The molecule has 2 aliphatic rings. The molecule has 2 rings (SSSR count). The fraction of sp³-hybridized carbons (Fsp3) is 1.00. The average molecular weight is 277 g/mol. The molecule has 1 nitrogen and oxygen atoms in total. The molecular weight excluding hydrogens is 256 g/mol. The van der Waals surface area contributed by atoms with Gasteiger partial charge >= 0.3 is 0 Å². The summed E-state index contributed by atoms with van der Waals surface area (Å²) in [7, 11) is 0.727. The van der Waals surface area contributed by atoms with Gasteiger partial charge in [0.2, 0.25) is 0 Å². The molecule has 82 valence electrons. The van der Waals surface area contributed by atoms with Crippen molar-refractivity contribution >= 4 is 24.0 Å². The van der Waals surface area contributed by atoms with Crippen LogP contribution < -0.4 is 0 Å². The Hall–Kier alpha value is 0.657. The summed E-state index contributed by atoms with van der Waals surface area (Å²) >= 11 is 4.06. The lowest BCUT2D eigenvalue weighted by Crippen LogP contribution is -2.43. The Morgan fingerprint density at radius 2 is 1.93 bits per heavy atom. The normalized spacial score (nSPS) is 47.4. The van der Waals surface area contributed by atoms with Gasteiger partial charge in [-0.2, -0.15) is 0 Å². The van der Waals surface area contributed by atoms with Crippen LogP contribution in [0.4, 0.5) is 0 Å². The van der Waals surface area contributed by atoms with E-state index < -0.39 is 8.07 Å². The molecule has 0 heterocycles. The van der Waals surface area contributed by atoms with Gasteiger partial charge in [-0.3, -0.25) is 0 Å². The van der Waals surface area contributed by atoms with Gasteiger partial charge in [0.25, 0.3) is 0 Å². The Balaban J connectivity index is 2.31. The summed E-state index contributed by atoms with van der Waals surface area (Å²) in [5, 5.41) is 0. The third kappa shape index (κ3) is 1.09. The van der Waals surface area contributed by atoms with E-state index in [-0.39, 0.29) is 5.60 Å². The Labute approximate surface area is 96.7 Å². The zero-order valence-corrected chi connectivity index (χ0v) is 12.3. The van der Waals surface area contributed by atoms with Gasteiger partial charge in [-0.1, -0.05) is 48.4 Å². The second-order valence-corrected chi connectivity index (χ2v) is 13.1. The monoisotopic (exact) mass is 276 g/mol. The van der Waals surface area contributed by atoms with Crippen molar-refractivity contribution in [2.24, 2.45) is 5.92 Å². The molecule has 0 amide bonds. The van der Waals surface area contributed by atoms with E-state index in [1.807, 2.05) is 7.11 Å². The Bertz CT molecular complexity index is 250. The minimum atomic E-state index is -1.18. The smallest absolute Gasteiger partial charge is 0.0848 e. The van der Waals surface area contributed by atoms with Gasteiger partial charge < -0.3 is 4.74 Å². The van der Waals surface area contributed by atoms with Crippen LogP contribution in [0, 0.1) is 5.92 Å². The number of halogens is 1. The van der Waals surface area contributed by atoms with Crippen LogP contribution in [0.2, 0.25) is 19.6 Å². The SMILES string of the molecule is CO[C@@]12CCCC[C@@H]1[C@@]2(Br)[Si](C)(C)C. The van der Waals surface area contributed by atoms with Crippen LogP contribution in [-0.4, -0.2) is 24.7 Å². The standard InChI is InChI=1S/C11H21BrOSi/c1-13-10-8-6-5-7-9(10)11(10,12)14(2,3)4/h9H,5-8H2,1-4H3/t9-,10-,11+/m0/s1. The maximum Gasteiger partial charge on any atom is 0.0848 e. The molecule has 0 aliphatic heterocycles. The first-order chi connectivity index (χ1) is 6.40. The number of fused-ring (bicyclic) bond motifs is 1. The highest BCUT2D eigenvalue weighted by Crippen LogP contribution is 2.72. The topological polar surface area (TPSA) is 9.23 Å². The van der Waals surface area contributed by atoms with E-state index in [2.05, 4.69) is 35.6 Å². The van der Waals surface area contributed by atoms with Crippen molar-refractivity contribution in [3.05, 3.63) is 0 Å². The van der Waals surface area contributed by atoms with Crippen molar-refractivity contribution in [1.82, 2.24) is 0 Å². The van der Waals surface area contributed by atoms with Gasteiger partial charge in [-0.25, -0.2) is 0 Å². The maximum absolute atomic E-state index is 5.88. The first-order valence-corrected chi connectivity index (χ1v) is 9.93. The minimum absolute atomic E-state index is 0.204. The minimum Gasteiger partial charge on any atom is -0.377 e. The highest BCUT2D eigenvalue weighted by molar-refractivity contribution is 9.10. The maximum atomic E-state index is 5.88. The van der Waals surface area contributed by atoms with E-state index >= 15 is 0 Å². The largest absolute Gasteiger partial charge is 0.377 e. The van der Waals surface area contributed by atoms with Crippen LogP contribution in [0.3, 0.4) is 0 Å². The third-order valence-corrected chi connectivity index (χ3v) is 12.1. The van der Waals surface area contributed by atoms with Gasteiger partial charge in [-0.05, 0) is 12.8 Å². The van der Waals surface area contributed by atoms with Crippen LogP contribution in [0.25, 0.3) is 0 Å². The van der Waals surface area contributed by atoms with E-state index in [1.54, 1.807) is 0 Å². The number of hydrogen-bond acceptors (Lipinski definition) is 1. The molecule has 0 aromatic carbocycles. The third-order valence-electron chi connectivity index (χ3n) is 4.32. The predicted molar refractivity (Wildman–Crippen MR) is 66.7 cm³/mol. The predicted octanol–water partition coefficient (Wildman–Crippen LogP) is 3.59. The van der Waals surface area contributed by atoms with Gasteiger partial charge in [-0.15, -0.1) is 0 Å². The van der Waals surface area contributed by atoms with Gasteiger partial charge in [0, 0.05) is 13.0 Å². The number of rotatable bonds is 2. The first kappa shape index (κ1) is 11.2. The molecule has 3 heteroatoms. The van der Waals surface area contributed by atoms with E-state index in [0.717, 1.165) is 5.92 Å². The molecule has 0 aromatic rings. The number of alkyl halides is 1. The average Bonchev–Trinajstić information content (AvgIpc) is 2.69. The summed E-state index contributed by atoms with van der Waals surface area (Å²) in [6.07, 6.45) is 5.38. The zero-order valence-electron chi connectivity index (χ0n) is 9.69. The summed E-state index contributed by atoms with van der Waals surface area (Å²) in [5.41, 5.74) is 0.204. The molecular formula is C11H21BrOSi. The highest BCUT2D eigenvalue weighted by atomic mass is 79.9. The Kier molecular flexibility index (Phi) is 2.45. The summed E-state index contributed by atoms with van der Waals surface area (Å²) in [6, 6.07) is 0.